The number of para-hydroxylation sites is 2. The summed E-state index contributed by atoms with van der Waals surface area (Å²) in [7, 11) is 0. The van der Waals surface area contributed by atoms with Crippen molar-refractivity contribution in [2.75, 3.05) is 0 Å². The van der Waals surface area contributed by atoms with Crippen molar-refractivity contribution in [2.24, 2.45) is 0 Å². The maximum absolute atomic E-state index is 2.47. The molecule has 2 heterocycles. The second-order valence-electron chi connectivity index (χ2n) is 13.2. The highest BCUT2D eigenvalue weighted by Crippen LogP contribution is 2.52. The third kappa shape index (κ3) is 3.50. The molecular formula is C41H33N2+. The zero-order valence-corrected chi connectivity index (χ0v) is 24.8. The molecule has 0 spiro atoms. The SMILES string of the molecule is CC(C)(C)c1ccc2c(c1)-c1c(ccc3c1C([n+]1ccccc1)c1ccc(-n4c5ccccc5c5ccccc54)cc1-3)C2. The molecule has 0 saturated carbocycles. The van der Waals surface area contributed by atoms with E-state index in [2.05, 4.69) is 158 Å². The highest BCUT2D eigenvalue weighted by Gasteiger charge is 2.40. The summed E-state index contributed by atoms with van der Waals surface area (Å²) in [5.74, 6) is 0. The normalized spacial score (nSPS) is 15.0. The van der Waals surface area contributed by atoms with Gasteiger partial charge in [0.25, 0.3) is 0 Å². The Morgan fingerprint density at radius 1 is 0.628 bits per heavy atom. The molecule has 0 amide bonds. The number of benzene rings is 5. The standard InChI is InChI=1S/C41H33N2/c1-41(2,3)28-17-15-26-23-27-16-19-32-35-25-29(43-36-13-7-5-11-30(36)31-12-6-8-14-37(31)43)18-20-33(35)40(42-21-9-4-10-22-42)39(32)38(27)34(26)24-28/h4-22,24-25,40H,23H2,1-3H3/q+1. The molecule has 206 valence electrons. The van der Waals surface area contributed by atoms with Crippen molar-refractivity contribution >= 4 is 21.8 Å². The van der Waals surface area contributed by atoms with Crippen LogP contribution in [0.15, 0.2) is 128 Å². The van der Waals surface area contributed by atoms with Crippen LogP contribution in [0.4, 0.5) is 0 Å². The highest BCUT2D eigenvalue weighted by atomic mass is 15.0. The van der Waals surface area contributed by atoms with Crippen LogP contribution in [0.3, 0.4) is 0 Å². The fourth-order valence-corrected chi connectivity index (χ4v) is 7.69. The van der Waals surface area contributed by atoms with Crippen LogP contribution in [0, 0.1) is 0 Å². The first kappa shape index (κ1) is 24.6. The zero-order chi connectivity index (χ0) is 28.9. The van der Waals surface area contributed by atoms with Gasteiger partial charge in [0.05, 0.1) is 11.0 Å². The van der Waals surface area contributed by atoms with Gasteiger partial charge < -0.3 is 4.57 Å². The summed E-state index contributed by atoms with van der Waals surface area (Å²) < 4.78 is 4.84. The molecule has 0 aliphatic heterocycles. The van der Waals surface area contributed by atoms with Crippen LogP contribution in [-0.4, -0.2) is 4.57 Å². The molecule has 7 aromatic rings. The summed E-state index contributed by atoms with van der Waals surface area (Å²) in [6, 6.07) is 43.2. The number of hydrogen-bond donors (Lipinski definition) is 0. The molecule has 1 atom stereocenters. The smallest absolute Gasteiger partial charge is 0.210 e. The first-order valence-corrected chi connectivity index (χ1v) is 15.4. The van der Waals surface area contributed by atoms with Gasteiger partial charge in [-0.1, -0.05) is 93.6 Å². The van der Waals surface area contributed by atoms with Crippen LogP contribution in [0.5, 0.6) is 0 Å². The average Bonchev–Trinajstić information content (AvgIpc) is 3.68. The van der Waals surface area contributed by atoms with E-state index < -0.39 is 0 Å². The van der Waals surface area contributed by atoms with Gasteiger partial charge in [-0.25, -0.2) is 0 Å². The number of fused-ring (bicyclic) bond motifs is 10. The molecule has 2 heteroatoms. The molecule has 43 heavy (non-hydrogen) atoms. The quantitative estimate of drug-likeness (QED) is 0.189. The number of rotatable bonds is 2. The number of aromatic nitrogens is 2. The Bertz CT molecular complexity index is 2190. The second kappa shape index (κ2) is 8.78. The number of pyridine rings is 1. The Balaban J connectivity index is 1.32. The molecule has 9 rings (SSSR count). The van der Waals surface area contributed by atoms with Gasteiger partial charge in [0.2, 0.25) is 6.04 Å². The molecular weight excluding hydrogens is 520 g/mol. The van der Waals surface area contributed by atoms with Crippen molar-refractivity contribution in [2.45, 2.75) is 38.6 Å². The zero-order valence-electron chi connectivity index (χ0n) is 24.8. The van der Waals surface area contributed by atoms with Gasteiger partial charge in [0.15, 0.2) is 12.4 Å². The lowest BCUT2D eigenvalue weighted by Gasteiger charge is -2.21. The van der Waals surface area contributed by atoms with Crippen LogP contribution >= 0.6 is 0 Å². The fraction of sp³-hybridized carbons (Fsp3) is 0.146. The van der Waals surface area contributed by atoms with E-state index in [1.807, 2.05) is 0 Å². The van der Waals surface area contributed by atoms with Crippen molar-refractivity contribution in [1.29, 1.82) is 0 Å². The Morgan fingerprint density at radius 3 is 2.05 bits per heavy atom. The van der Waals surface area contributed by atoms with Gasteiger partial charge in [-0.2, -0.15) is 4.57 Å². The van der Waals surface area contributed by atoms with E-state index in [1.54, 1.807) is 0 Å². The van der Waals surface area contributed by atoms with Gasteiger partial charge in [0, 0.05) is 39.7 Å². The topological polar surface area (TPSA) is 8.81 Å². The predicted octanol–water partition coefficient (Wildman–Crippen LogP) is 9.56. The van der Waals surface area contributed by atoms with Crippen molar-refractivity contribution in [3.8, 4) is 27.9 Å². The van der Waals surface area contributed by atoms with Crippen LogP contribution in [-0.2, 0) is 11.8 Å². The van der Waals surface area contributed by atoms with E-state index in [-0.39, 0.29) is 11.5 Å². The number of hydrogen-bond acceptors (Lipinski definition) is 0. The molecule has 0 radical (unpaired) electrons. The summed E-state index contributed by atoms with van der Waals surface area (Å²) in [4.78, 5) is 0. The van der Waals surface area contributed by atoms with E-state index >= 15 is 0 Å². The molecule has 0 fully saturated rings. The van der Waals surface area contributed by atoms with E-state index in [0.717, 1.165) is 6.42 Å². The van der Waals surface area contributed by atoms with Gasteiger partial charge in [-0.05, 0) is 81.1 Å². The van der Waals surface area contributed by atoms with Crippen molar-refractivity contribution in [3.63, 3.8) is 0 Å². The predicted molar refractivity (Wildman–Crippen MR) is 177 cm³/mol. The molecule has 1 unspecified atom stereocenters. The maximum Gasteiger partial charge on any atom is 0.210 e. The first-order valence-electron chi connectivity index (χ1n) is 15.4. The molecule has 2 aromatic heterocycles. The summed E-state index contributed by atoms with van der Waals surface area (Å²) in [6.07, 6.45) is 5.45. The van der Waals surface area contributed by atoms with Crippen LogP contribution in [0.2, 0.25) is 0 Å². The second-order valence-corrected chi connectivity index (χ2v) is 13.2. The lowest BCUT2D eigenvalue weighted by Crippen LogP contribution is -2.39. The summed E-state index contributed by atoms with van der Waals surface area (Å²) in [5, 5.41) is 2.58. The fourth-order valence-electron chi connectivity index (χ4n) is 7.69. The van der Waals surface area contributed by atoms with E-state index in [0.29, 0.717) is 0 Å². The molecule has 0 bridgehead atoms. The molecule has 5 aromatic carbocycles. The molecule has 2 nitrogen and oxygen atoms in total. The monoisotopic (exact) mass is 553 g/mol. The minimum Gasteiger partial charge on any atom is -0.309 e. The van der Waals surface area contributed by atoms with Crippen LogP contribution in [0.1, 0.15) is 54.6 Å². The minimum atomic E-state index is 0.101. The average molecular weight is 554 g/mol. The Kier molecular flexibility index (Phi) is 5.03. The molecule has 2 aliphatic carbocycles. The third-order valence-electron chi connectivity index (χ3n) is 9.73. The van der Waals surface area contributed by atoms with Gasteiger partial charge in [-0.3, -0.25) is 0 Å². The molecule has 2 aliphatic rings. The van der Waals surface area contributed by atoms with Crippen molar-refractivity contribution in [3.05, 3.63) is 155 Å². The van der Waals surface area contributed by atoms with Crippen LogP contribution < -0.4 is 4.57 Å². The van der Waals surface area contributed by atoms with Gasteiger partial charge in [-0.15, -0.1) is 0 Å². The number of nitrogens with zero attached hydrogens (tertiary/aromatic N) is 2. The molecule has 0 saturated heterocycles. The lowest BCUT2D eigenvalue weighted by molar-refractivity contribution is -0.704. The Morgan fingerprint density at radius 2 is 1.33 bits per heavy atom. The van der Waals surface area contributed by atoms with Crippen LogP contribution in [0.25, 0.3) is 49.7 Å². The van der Waals surface area contributed by atoms with Gasteiger partial charge in [0.1, 0.15) is 0 Å². The molecule has 0 N–H and O–H groups in total. The summed E-state index contributed by atoms with van der Waals surface area (Å²) in [5.41, 5.74) is 16.4. The van der Waals surface area contributed by atoms with Gasteiger partial charge >= 0.3 is 0 Å². The van der Waals surface area contributed by atoms with Crippen molar-refractivity contribution in [1.82, 2.24) is 4.57 Å². The van der Waals surface area contributed by atoms with Crippen molar-refractivity contribution < 1.29 is 4.57 Å². The Hall–Kier alpha value is -4.95. The highest BCUT2D eigenvalue weighted by molar-refractivity contribution is 6.09. The minimum absolute atomic E-state index is 0.101. The van der Waals surface area contributed by atoms with E-state index in [4.69, 9.17) is 0 Å². The summed E-state index contributed by atoms with van der Waals surface area (Å²) >= 11 is 0. The van der Waals surface area contributed by atoms with E-state index in [9.17, 15) is 0 Å². The largest absolute Gasteiger partial charge is 0.309 e. The maximum atomic E-state index is 2.47. The Labute approximate surface area is 252 Å². The summed E-state index contributed by atoms with van der Waals surface area (Å²) in [6.45, 7) is 6.94. The van der Waals surface area contributed by atoms with E-state index in [1.165, 1.54) is 77.6 Å². The first-order chi connectivity index (χ1) is 21.0. The third-order valence-corrected chi connectivity index (χ3v) is 9.73. The lowest BCUT2D eigenvalue weighted by atomic mass is 9.84.